The highest BCUT2D eigenvalue weighted by Gasteiger charge is 2.17. The summed E-state index contributed by atoms with van der Waals surface area (Å²) < 4.78 is 5.23. The Morgan fingerprint density at radius 2 is 2.14 bits per heavy atom. The lowest BCUT2D eigenvalue weighted by Gasteiger charge is -2.16. The van der Waals surface area contributed by atoms with Crippen LogP contribution >= 0.6 is 24.0 Å². The first-order valence-electron chi connectivity index (χ1n) is 9.32. The Kier molecular flexibility index (Phi) is 6.99. The number of aliphatic carboxylic acids is 1. The van der Waals surface area contributed by atoms with Gasteiger partial charge in [-0.2, -0.15) is 0 Å². The largest absolute Gasteiger partial charge is 0.497 e. The van der Waals surface area contributed by atoms with Gasteiger partial charge in [-0.15, -0.1) is 24.0 Å². The van der Waals surface area contributed by atoms with Gasteiger partial charge >= 0.3 is 5.97 Å². The molecule has 2 atom stereocenters. The number of carboxylic acid groups (broad SMARTS) is 1. The highest BCUT2D eigenvalue weighted by atomic mass is 32.1. The third kappa shape index (κ3) is 4.87. The van der Waals surface area contributed by atoms with Crippen molar-refractivity contribution in [2.45, 2.75) is 43.2 Å². The number of hydrogen-bond acceptors (Lipinski definition) is 5. The zero-order valence-corrected chi connectivity index (χ0v) is 17.7. The Morgan fingerprint density at radius 3 is 2.71 bits per heavy atom. The summed E-state index contributed by atoms with van der Waals surface area (Å²) in [6, 6.07) is 9.75. The van der Waals surface area contributed by atoms with Crippen molar-refractivity contribution < 1.29 is 14.6 Å². The Bertz CT molecular complexity index is 884. The normalized spacial score (nSPS) is 17.2. The number of hydrogen-bond donors (Lipinski definition) is 3. The van der Waals surface area contributed by atoms with Crippen LogP contribution in [0.15, 0.2) is 53.5 Å². The van der Waals surface area contributed by atoms with Crippen molar-refractivity contribution in [1.29, 1.82) is 0 Å². The van der Waals surface area contributed by atoms with Crippen LogP contribution in [0.5, 0.6) is 5.75 Å². The molecule has 0 aliphatic heterocycles. The average molecular weight is 416 g/mol. The van der Waals surface area contributed by atoms with Gasteiger partial charge in [-0.3, -0.25) is 10.1 Å². The number of carboxylic acids is 1. The maximum absolute atomic E-state index is 11.2. The van der Waals surface area contributed by atoms with E-state index in [0.29, 0.717) is 18.9 Å². The van der Waals surface area contributed by atoms with Crippen LogP contribution < -0.4 is 10.1 Å². The molecule has 2 N–H and O–H groups in total. The van der Waals surface area contributed by atoms with Crippen LogP contribution in [0.3, 0.4) is 0 Å². The lowest BCUT2D eigenvalue weighted by atomic mass is 9.90. The molecule has 0 radical (unpaired) electrons. The predicted octanol–water partition coefficient (Wildman–Crippen LogP) is 5.13. The van der Waals surface area contributed by atoms with Gasteiger partial charge < -0.3 is 9.84 Å². The van der Waals surface area contributed by atoms with Crippen LogP contribution in [0.4, 0.5) is 0 Å². The van der Waals surface area contributed by atoms with Gasteiger partial charge in [0.15, 0.2) is 0 Å². The second-order valence-corrected chi connectivity index (χ2v) is 8.35. The number of rotatable bonds is 8. The van der Waals surface area contributed by atoms with E-state index in [1.807, 2.05) is 19.1 Å². The van der Waals surface area contributed by atoms with Crippen LogP contribution in [0.25, 0.3) is 5.57 Å². The zero-order chi connectivity index (χ0) is 20.1. The van der Waals surface area contributed by atoms with E-state index in [0.717, 1.165) is 26.8 Å². The van der Waals surface area contributed by atoms with E-state index < -0.39 is 12.0 Å². The second-order valence-electron chi connectivity index (χ2n) is 6.73. The first kappa shape index (κ1) is 20.7. The highest BCUT2D eigenvalue weighted by molar-refractivity contribution is 7.80. The first-order valence-corrected chi connectivity index (χ1v) is 10.6. The summed E-state index contributed by atoms with van der Waals surface area (Å²) in [5.74, 6) is 0.420. The first-order chi connectivity index (χ1) is 13.5. The van der Waals surface area contributed by atoms with Gasteiger partial charge in [0.1, 0.15) is 11.8 Å². The average Bonchev–Trinajstić information content (AvgIpc) is 3.09. The van der Waals surface area contributed by atoms with E-state index in [4.69, 9.17) is 4.74 Å². The zero-order valence-electron chi connectivity index (χ0n) is 16.0. The molecular weight excluding hydrogens is 390 g/mol. The molecule has 148 valence electrons. The van der Waals surface area contributed by atoms with E-state index in [9.17, 15) is 9.90 Å². The summed E-state index contributed by atoms with van der Waals surface area (Å²) in [6.45, 7) is 2.38. The number of thiol groups is 1. The minimum absolute atomic E-state index is 0.368. The maximum Gasteiger partial charge on any atom is 0.320 e. The van der Waals surface area contributed by atoms with Gasteiger partial charge in [0.2, 0.25) is 0 Å². The molecule has 0 saturated carbocycles. The lowest BCUT2D eigenvalue weighted by Crippen LogP contribution is -2.35. The van der Waals surface area contributed by atoms with E-state index >= 15 is 0 Å². The van der Waals surface area contributed by atoms with E-state index in [-0.39, 0.29) is 0 Å². The maximum atomic E-state index is 11.2. The minimum Gasteiger partial charge on any atom is -0.497 e. The van der Waals surface area contributed by atoms with Gasteiger partial charge in [0.25, 0.3) is 0 Å². The van der Waals surface area contributed by atoms with Gasteiger partial charge in [-0.1, -0.05) is 37.3 Å². The van der Waals surface area contributed by atoms with E-state index in [2.05, 4.69) is 54.4 Å². The number of allylic oxidation sites excluding steroid dienone is 4. The predicted molar refractivity (Wildman–Crippen MR) is 118 cm³/mol. The fourth-order valence-corrected chi connectivity index (χ4v) is 4.67. The van der Waals surface area contributed by atoms with Gasteiger partial charge in [0, 0.05) is 27.1 Å². The number of thiophene rings is 1. The summed E-state index contributed by atoms with van der Waals surface area (Å²) in [5.41, 5.74) is 2.47. The van der Waals surface area contributed by atoms with Crippen molar-refractivity contribution in [3.63, 3.8) is 0 Å². The molecule has 0 saturated heterocycles. The number of carbonyl (C=O) groups is 1. The number of ether oxygens (including phenoxy) is 1. The second kappa shape index (κ2) is 9.45. The molecular formula is C22H25NO3S2. The van der Waals surface area contributed by atoms with Gasteiger partial charge in [0.05, 0.1) is 7.11 Å². The molecule has 0 fully saturated rings. The number of benzene rings is 1. The molecule has 28 heavy (non-hydrogen) atoms. The molecule has 3 rings (SSSR count). The lowest BCUT2D eigenvalue weighted by molar-refractivity contribution is -0.139. The quantitative estimate of drug-likeness (QED) is 0.524. The SMILES string of the molecule is CCC(NCc1sc(C2=CCC(c3ccc(OC)cc3)C=C2)cc1S)C(=O)O. The fraction of sp³-hybridized carbons (Fsp3) is 0.318. The van der Waals surface area contributed by atoms with E-state index in [1.54, 1.807) is 18.4 Å². The summed E-state index contributed by atoms with van der Waals surface area (Å²) >= 11 is 6.24. The highest BCUT2D eigenvalue weighted by Crippen LogP contribution is 2.36. The van der Waals surface area contributed by atoms with Crippen molar-refractivity contribution >= 4 is 35.5 Å². The van der Waals surface area contributed by atoms with Crippen molar-refractivity contribution in [3.8, 4) is 5.75 Å². The minimum atomic E-state index is -0.817. The molecule has 0 amide bonds. The molecule has 1 heterocycles. The molecule has 0 bridgehead atoms. The summed E-state index contributed by atoms with van der Waals surface area (Å²) in [4.78, 5) is 14.3. The van der Waals surface area contributed by atoms with Crippen molar-refractivity contribution in [3.05, 3.63) is 63.9 Å². The van der Waals surface area contributed by atoms with Crippen LogP contribution in [-0.2, 0) is 11.3 Å². The Morgan fingerprint density at radius 1 is 1.39 bits per heavy atom. The third-order valence-electron chi connectivity index (χ3n) is 4.93. The Hall–Kier alpha value is -2.02. The molecule has 2 unspecified atom stereocenters. The molecule has 6 heteroatoms. The Balaban J connectivity index is 1.65. The van der Waals surface area contributed by atoms with Crippen molar-refractivity contribution in [2.75, 3.05) is 7.11 Å². The van der Waals surface area contributed by atoms with Crippen molar-refractivity contribution in [2.24, 2.45) is 0 Å². The van der Waals surface area contributed by atoms with Gasteiger partial charge in [-0.05, 0) is 42.2 Å². The smallest absolute Gasteiger partial charge is 0.320 e. The Labute approximate surface area is 175 Å². The summed E-state index contributed by atoms with van der Waals surface area (Å²) in [7, 11) is 1.68. The standard InChI is InChI=1S/C22H25NO3S2/c1-3-18(22(24)25)23-13-21-19(27)12-20(28-21)16-6-4-14(5-7-16)15-8-10-17(26-2)11-9-15/h4,6-12,14,18,23,27H,3,5,13H2,1-2H3,(H,24,25). The number of nitrogens with one attached hydrogen (secondary N) is 1. The summed E-state index contributed by atoms with van der Waals surface area (Å²) in [5, 5.41) is 12.3. The topological polar surface area (TPSA) is 58.6 Å². The summed E-state index contributed by atoms with van der Waals surface area (Å²) in [6.07, 6.45) is 8.17. The number of methoxy groups -OCH3 is 1. The molecule has 2 aromatic rings. The fourth-order valence-electron chi connectivity index (χ4n) is 3.21. The monoisotopic (exact) mass is 415 g/mol. The molecule has 1 aliphatic rings. The van der Waals surface area contributed by atoms with E-state index in [1.165, 1.54) is 11.1 Å². The molecule has 1 aromatic heterocycles. The van der Waals surface area contributed by atoms with Crippen molar-refractivity contribution in [1.82, 2.24) is 5.32 Å². The molecule has 4 nitrogen and oxygen atoms in total. The van der Waals surface area contributed by atoms with Crippen LogP contribution in [0, 0.1) is 0 Å². The molecule has 1 aliphatic carbocycles. The van der Waals surface area contributed by atoms with Gasteiger partial charge in [-0.25, -0.2) is 0 Å². The van der Waals surface area contributed by atoms with Crippen LogP contribution in [-0.4, -0.2) is 24.2 Å². The van der Waals surface area contributed by atoms with Crippen LogP contribution in [0.1, 0.15) is 41.0 Å². The molecule has 0 spiro atoms. The third-order valence-corrected chi connectivity index (χ3v) is 6.66. The molecule has 1 aromatic carbocycles. The van der Waals surface area contributed by atoms with Crippen LogP contribution in [0.2, 0.25) is 0 Å².